The first kappa shape index (κ1) is 22.8. The molecule has 0 aliphatic carbocycles. The summed E-state index contributed by atoms with van der Waals surface area (Å²) in [5.41, 5.74) is -4.06. The second kappa shape index (κ2) is 8.70. The van der Waals surface area contributed by atoms with Crippen LogP contribution >= 0.6 is 11.8 Å². The monoisotopic (exact) mass is 460 g/mol. The van der Waals surface area contributed by atoms with Gasteiger partial charge in [0.2, 0.25) is 0 Å². The van der Waals surface area contributed by atoms with Gasteiger partial charge in [0.15, 0.2) is 0 Å². The lowest BCUT2D eigenvalue weighted by atomic mass is 10.00. The van der Waals surface area contributed by atoms with Crippen LogP contribution < -0.4 is 5.63 Å². The molecule has 2 aromatic carbocycles. The molecule has 0 radical (unpaired) electrons. The van der Waals surface area contributed by atoms with Gasteiger partial charge in [-0.3, -0.25) is 0 Å². The summed E-state index contributed by atoms with van der Waals surface area (Å²) in [6, 6.07) is 9.89. The highest BCUT2D eigenvalue weighted by Crippen LogP contribution is 2.38. The van der Waals surface area contributed by atoms with Crippen LogP contribution in [0, 0.1) is 0 Å². The zero-order valence-corrected chi connectivity index (χ0v) is 16.4. The molecule has 31 heavy (non-hydrogen) atoms. The van der Waals surface area contributed by atoms with Gasteiger partial charge in [-0.1, -0.05) is 18.2 Å². The van der Waals surface area contributed by atoms with Gasteiger partial charge >= 0.3 is 18.0 Å². The summed E-state index contributed by atoms with van der Waals surface area (Å²) in [4.78, 5) is 12.8. The highest BCUT2D eigenvalue weighted by atomic mass is 32.2. The number of hydrogen-bond acceptors (Lipinski definition) is 4. The van der Waals surface area contributed by atoms with Crippen LogP contribution in [0.15, 0.2) is 68.7 Å². The van der Waals surface area contributed by atoms with Gasteiger partial charge in [-0.25, -0.2) is 4.79 Å². The smallest absolute Gasteiger partial charge is 0.417 e. The molecule has 0 saturated heterocycles. The molecule has 0 bridgehead atoms. The maximum absolute atomic E-state index is 13.2. The summed E-state index contributed by atoms with van der Waals surface area (Å²) in [5, 5.41) is 10.2. The number of aryl methyl sites for hydroxylation is 1. The van der Waals surface area contributed by atoms with Crippen molar-refractivity contribution in [2.24, 2.45) is 0 Å². The predicted molar refractivity (Wildman–Crippen MR) is 103 cm³/mol. The third-order valence-corrected chi connectivity index (χ3v) is 5.30. The van der Waals surface area contributed by atoms with Crippen molar-refractivity contribution in [2.75, 3.05) is 5.75 Å². The first-order valence-corrected chi connectivity index (χ1v) is 9.78. The Morgan fingerprint density at radius 2 is 1.55 bits per heavy atom. The second-order valence-corrected chi connectivity index (χ2v) is 7.59. The normalized spacial score (nSPS) is 12.2. The maximum Gasteiger partial charge on any atom is 0.417 e. The number of benzene rings is 2. The third-order valence-electron chi connectivity index (χ3n) is 4.28. The zero-order chi connectivity index (χ0) is 22.8. The molecule has 3 nitrogen and oxygen atoms in total. The molecule has 0 aliphatic heterocycles. The van der Waals surface area contributed by atoms with Crippen molar-refractivity contribution in [3.63, 3.8) is 0 Å². The van der Waals surface area contributed by atoms with Crippen molar-refractivity contribution in [1.82, 2.24) is 0 Å². The van der Waals surface area contributed by atoms with E-state index < -0.39 is 46.0 Å². The van der Waals surface area contributed by atoms with E-state index in [1.807, 2.05) is 0 Å². The van der Waals surface area contributed by atoms with E-state index in [4.69, 9.17) is 4.42 Å². The lowest BCUT2D eigenvalue weighted by Crippen LogP contribution is -2.12. The van der Waals surface area contributed by atoms with E-state index in [0.29, 0.717) is 10.6 Å². The Labute approximate surface area is 176 Å². The Kier molecular flexibility index (Phi) is 6.40. The van der Waals surface area contributed by atoms with Crippen LogP contribution in [0.25, 0.3) is 11.1 Å². The van der Waals surface area contributed by atoms with E-state index >= 15 is 0 Å². The Balaban J connectivity index is 1.76. The van der Waals surface area contributed by atoms with E-state index in [0.717, 1.165) is 36.4 Å². The summed E-state index contributed by atoms with van der Waals surface area (Å²) in [7, 11) is 0. The predicted octanol–water partition coefficient (Wildman–Crippen LogP) is 6.38. The molecule has 1 N–H and O–H groups in total. The summed E-state index contributed by atoms with van der Waals surface area (Å²) in [6.07, 6.45) is -9.04. The Morgan fingerprint density at radius 1 is 0.903 bits per heavy atom. The summed E-state index contributed by atoms with van der Waals surface area (Å²) >= 11 is 1.19. The Hall–Kier alpha value is -2.88. The van der Waals surface area contributed by atoms with Crippen molar-refractivity contribution < 1.29 is 35.9 Å². The average molecular weight is 460 g/mol. The number of alkyl halides is 6. The lowest BCUT2D eigenvalue weighted by Gasteiger charge is -2.13. The first-order valence-electron chi connectivity index (χ1n) is 8.79. The van der Waals surface area contributed by atoms with Gasteiger partial charge in [0, 0.05) is 28.7 Å². The van der Waals surface area contributed by atoms with Crippen LogP contribution in [0.3, 0.4) is 0 Å². The molecule has 0 fully saturated rings. The third kappa shape index (κ3) is 5.43. The van der Waals surface area contributed by atoms with Crippen LogP contribution in [0.5, 0.6) is 5.75 Å². The van der Waals surface area contributed by atoms with E-state index in [-0.39, 0.29) is 12.2 Å². The van der Waals surface area contributed by atoms with E-state index in [9.17, 15) is 36.2 Å². The highest BCUT2D eigenvalue weighted by molar-refractivity contribution is 7.99. The minimum absolute atomic E-state index is 0.0372. The molecule has 1 heterocycles. The molecule has 164 valence electrons. The Morgan fingerprint density at radius 3 is 2.13 bits per heavy atom. The van der Waals surface area contributed by atoms with E-state index in [1.54, 1.807) is 0 Å². The molecule has 0 atom stereocenters. The van der Waals surface area contributed by atoms with Gasteiger partial charge in [0.25, 0.3) is 0 Å². The standard InChI is InChI=1S/C21H14F6O3S/c22-20(23,24)12-5-7-14(8-6-12)31-10-9-13-11-17(28)18(19(29)30-13)15-3-1-2-4-16(15)21(25,26)27/h1-8,11,28H,9-10H2. The largest absolute Gasteiger partial charge is 0.507 e. The molecular formula is C21H14F6O3S. The molecule has 3 rings (SSSR count). The van der Waals surface area contributed by atoms with Crippen molar-refractivity contribution in [3.05, 3.63) is 81.9 Å². The number of halogens is 6. The molecule has 0 spiro atoms. The quantitative estimate of drug-likeness (QED) is 0.354. The van der Waals surface area contributed by atoms with Gasteiger partial charge in [0.1, 0.15) is 17.1 Å². The van der Waals surface area contributed by atoms with Crippen molar-refractivity contribution >= 4 is 11.8 Å². The highest BCUT2D eigenvalue weighted by Gasteiger charge is 2.35. The van der Waals surface area contributed by atoms with Gasteiger partial charge in [0.05, 0.1) is 11.1 Å². The summed E-state index contributed by atoms with van der Waals surface area (Å²) in [6.45, 7) is 0. The SMILES string of the molecule is O=c1oc(CCSc2ccc(C(F)(F)F)cc2)cc(O)c1-c1ccccc1C(F)(F)F. The average Bonchev–Trinajstić information content (AvgIpc) is 2.67. The minimum Gasteiger partial charge on any atom is -0.507 e. The van der Waals surface area contributed by atoms with Crippen LogP contribution in [0.4, 0.5) is 26.3 Å². The fraction of sp³-hybridized carbons (Fsp3) is 0.190. The molecule has 3 aromatic rings. The summed E-state index contributed by atoms with van der Waals surface area (Å²) < 4.78 is 82.5. The molecule has 0 saturated carbocycles. The van der Waals surface area contributed by atoms with Crippen LogP contribution in [-0.2, 0) is 18.8 Å². The van der Waals surface area contributed by atoms with Crippen molar-refractivity contribution in [3.8, 4) is 16.9 Å². The van der Waals surface area contributed by atoms with Gasteiger partial charge in [-0.05, 0) is 30.3 Å². The fourth-order valence-electron chi connectivity index (χ4n) is 2.86. The Bertz CT molecular complexity index is 1120. The number of rotatable bonds is 5. The zero-order valence-electron chi connectivity index (χ0n) is 15.6. The molecule has 1 aromatic heterocycles. The van der Waals surface area contributed by atoms with Gasteiger partial charge in [-0.2, -0.15) is 26.3 Å². The topological polar surface area (TPSA) is 50.4 Å². The van der Waals surface area contributed by atoms with Crippen LogP contribution in [0.2, 0.25) is 0 Å². The molecule has 0 aliphatic rings. The summed E-state index contributed by atoms with van der Waals surface area (Å²) in [5.74, 6) is -0.315. The minimum atomic E-state index is -4.73. The maximum atomic E-state index is 13.2. The second-order valence-electron chi connectivity index (χ2n) is 6.42. The molecule has 0 amide bonds. The van der Waals surface area contributed by atoms with Crippen LogP contribution in [0.1, 0.15) is 16.9 Å². The molecule has 0 unspecified atom stereocenters. The van der Waals surface area contributed by atoms with Gasteiger partial charge in [-0.15, -0.1) is 11.8 Å². The fourth-order valence-corrected chi connectivity index (χ4v) is 3.73. The number of thioether (sulfide) groups is 1. The molecule has 10 heteroatoms. The van der Waals surface area contributed by atoms with Gasteiger partial charge < -0.3 is 9.52 Å². The lowest BCUT2D eigenvalue weighted by molar-refractivity contribution is -0.138. The van der Waals surface area contributed by atoms with E-state index in [2.05, 4.69) is 0 Å². The number of hydrogen-bond donors (Lipinski definition) is 1. The molecular weight excluding hydrogens is 446 g/mol. The first-order chi connectivity index (χ1) is 14.5. The van der Waals surface area contributed by atoms with Crippen molar-refractivity contribution in [1.29, 1.82) is 0 Å². The number of aromatic hydroxyl groups is 1. The van der Waals surface area contributed by atoms with Crippen LogP contribution in [-0.4, -0.2) is 10.9 Å². The van der Waals surface area contributed by atoms with Crippen molar-refractivity contribution in [2.45, 2.75) is 23.7 Å². The van der Waals surface area contributed by atoms with E-state index in [1.165, 1.54) is 30.0 Å².